The van der Waals surface area contributed by atoms with Crippen LogP contribution in [0.5, 0.6) is 0 Å². The molecule has 15 heavy (non-hydrogen) atoms. The van der Waals surface area contributed by atoms with E-state index in [1.807, 2.05) is 13.8 Å². The topological polar surface area (TPSA) is 23.5 Å². The van der Waals surface area contributed by atoms with E-state index in [1.165, 1.54) is 16.8 Å². The molecule has 0 fully saturated rings. The predicted molar refractivity (Wildman–Crippen MR) is 63.4 cm³/mol. The van der Waals surface area contributed by atoms with Crippen LogP contribution in [-0.4, -0.2) is 24.3 Å². The van der Waals surface area contributed by atoms with Gasteiger partial charge in [-0.25, -0.2) is 0 Å². The molecule has 2 heteroatoms. The smallest absolute Gasteiger partial charge is 0.0632 e. The van der Waals surface area contributed by atoms with Crippen LogP contribution in [0.4, 0.5) is 5.69 Å². The Labute approximate surface area is 91.5 Å². The molecular weight excluding hydrogens is 186 g/mol. The average Bonchev–Trinajstić information content (AvgIpc) is 2.46. The fourth-order valence-electron chi connectivity index (χ4n) is 2.35. The molecule has 0 radical (unpaired) electrons. The SMILES string of the molecule is CN1CCc2cccc(CC(C)(C)O)c21. The van der Waals surface area contributed by atoms with Crippen molar-refractivity contribution in [3.63, 3.8) is 0 Å². The Bertz CT molecular complexity index is 365. The van der Waals surface area contributed by atoms with Crippen LogP contribution < -0.4 is 4.90 Å². The summed E-state index contributed by atoms with van der Waals surface area (Å²) in [7, 11) is 2.12. The second kappa shape index (κ2) is 3.53. The zero-order valence-corrected chi connectivity index (χ0v) is 9.75. The van der Waals surface area contributed by atoms with Crippen molar-refractivity contribution in [1.29, 1.82) is 0 Å². The van der Waals surface area contributed by atoms with Crippen LogP contribution in [0, 0.1) is 0 Å². The molecular formula is C13H19NO. The fraction of sp³-hybridized carbons (Fsp3) is 0.538. The highest BCUT2D eigenvalue weighted by molar-refractivity contribution is 5.63. The number of aliphatic hydroxyl groups is 1. The lowest BCUT2D eigenvalue weighted by Crippen LogP contribution is -2.23. The Morgan fingerprint density at radius 2 is 2.13 bits per heavy atom. The summed E-state index contributed by atoms with van der Waals surface area (Å²) in [5, 5.41) is 9.87. The highest BCUT2D eigenvalue weighted by Crippen LogP contribution is 2.32. The highest BCUT2D eigenvalue weighted by atomic mass is 16.3. The number of para-hydroxylation sites is 1. The van der Waals surface area contributed by atoms with E-state index in [0.717, 1.165) is 19.4 Å². The maximum absolute atomic E-state index is 9.87. The minimum Gasteiger partial charge on any atom is -0.390 e. The van der Waals surface area contributed by atoms with Gasteiger partial charge in [-0.1, -0.05) is 18.2 Å². The van der Waals surface area contributed by atoms with Crippen molar-refractivity contribution in [3.8, 4) is 0 Å². The Balaban J connectivity index is 2.37. The van der Waals surface area contributed by atoms with Crippen LogP contribution in [0.1, 0.15) is 25.0 Å². The van der Waals surface area contributed by atoms with Gasteiger partial charge in [-0.3, -0.25) is 0 Å². The van der Waals surface area contributed by atoms with E-state index in [1.54, 1.807) is 0 Å². The summed E-state index contributed by atoms with van der Waals surface area (Å²) in [5.41, 5.74) is 3.39. The van der Waals surface area contributed by atoms with Gasteiger partial charge < -0.3 is 10.0 Å². The molecule has 1 aromatic carbocycles. The van der Waals surface area contributed by atoms with Gasteiger partial charge in [0.25, 0.3) is 0 Å². The first kappa shape index (κ1) is 10.5. The third kappa shape index (κ3) is 2.15. The van der Waals surface area contributed by atoms with E-state index < -0.39 is 5.60 Å². The number of hydrogen-bond donors (Lipinski definition) is 1. The van der Waals surface area contributed by atoms with Crippen LogP contribution >= 0.6 is 0 Å². The van der Waals surface area contributed by atoms with Crippen molar-refractivity contribution in [2.75, 3.05) is 18.5 Å². The molecule has 82 valence electrons. The monoisotopic (exact) mass is 205 g/mol. The van der Waals surface area contributed by atoms with Crippen molar-refractivity contribution in [2.24, 2.45) is 0 Å². The van der Waals surface area contributed by atoms with Crippen LogP contribution in [0.3, 0.4) is 0 Å². The molecule has 1 aromatic rings. The van der Waals surface area contributed by atoms with Gasteiger partial charge in [0.05, 0.1) is 5.60 Å². The number of fused-ring (bicyclic) bond motifs is 1. The summed E-state index contributed by atoms with van der Waals surface area (Å²) >= 11 is 0. The first-order valence-electron chi connectivity index (χ1n) is 5.52. The lowest BCUT2D eigenvalue weighted by Gasteiger charge is -2.22. The van der Waals surface area contributed by atoms with E-state index >= 15 is 0 Å². The third-order valence-electron chi connectivity index (χ3n) is 2.92. The minimum atomic E-state index is -0.626. The molecule has 0 bridgehead atoms. The van der Waals surface area contributed by atoms with E-state index in [4.69, 9.17) is 0 Å². The number of benzene rings is 1. The van der Waals surface area contributed by atoms with Crippen LogP contribution in [0.2, 0.25) is 0 Å². The summed E-state index contributed by atoms with van der Waals surface area (Å²) < 4.78 is 0. The van der Waals surface area contributed by atoms with Gasteiger partial charge in [0.15, 0.2) is 0 Å². The minimum absolute atomic E-state index is 0.626. The third-order valence-corrected chi connectivity index (χ3v) is 2.92. The summed E-state index contributed by atoms with van der Waals surface area (Å²) in [6.07, 6.45) is 1.85. The molecule has 0 spiro atoms. The average molecular weight is 205 g/mol. The summed E-state index contributed by atoms with van der Waals surface area (Å²) in [4.78, 5) is 2.29. The van der Waals surface area contributed by atoms with Crippen LogP contribution in [0.15, 0.2) is 18.2 Å². The number of anilines is 1. The Morgan fingerprint density at radius 1 is 1.40 bits per heavy atom. The molecule has 2 nitrogen and oxygen atoms in total. The van der Waals surface area contributed by atoms with Crippen molar-refractivity contribution < 1.29 is 5.11 Å². The summed E-state index contributed by atoms with van der Waals surface area (Å²) in [6.45, 7) is 4.82. The molecule has 1 heterocycles. The van der Waals surface area contributed by atoms with E-state index in [0.29, 0.717) is 0 Å². The molecule has 2 rings (SSSR count). The van der Waals surface area contributed by atoms with Gasteiger partial charge in [-0.15, -0.1) is 0 Å². The van der Waals surface area contributed by atoms with Gasteiger partial charge in [-0.2, -0.15) is 0 Å². The van der Waals surface area contributed by atoms with E-state index in [9.17, 15) is 5.11 Å². The van der Waals surface area contributed by atoms with Gasteiger partial charge in [0, 0.05) is 25.7 Å². The Morgan fingerprint density at radius 3 is 2.80 bits per heavy atom. The Kier molecular flexibility index (Phi) is 2.47. The van der Waals surface area contributed by atoms with E-state index in [-0.39, 0.29) is 0 Å². The van der Waals surface area contributed by atoms with Crippen molar-refractivity contribution in [3.05, 3.63) is 29.3 Å². The molecule has 1 aliphatic rings. The molecule has 0 atom stereocenters. The summed E-state index contributed by atoms with van der Waals surface area (Å²) in [6, 6.07) is 6.41. The van der Waals surface area contributed by atoms with Gasteiger partial charge in [-0.05, 0) is 31.4 Å². The van der Waals surface area contributed by atoms with Crippen molar-refractivity contribution >= 4 is 5.69 Å². The maximum atomic E-state index is 9.87. The van der Waals surface area contributed by atoms with Crippen molar-refractivity contribution in [1.82, 2.24) is 0 Å². The quantitative estimate of drug-likeness (QED) is 0.798. The second-order valence-corrected chi connectivity index (χ2v) is 5.09. The first-order valence-corrected chi connectivity index (χ1v) is 5.52. The summed E-state index contributed by atoms with van der Waals surface area (Å²) in [5.74, 6) is 0. The first-order chi connectivity index (χ1) is 6.97. The van der Waals surface area contributed by atoms with Gasteiger partial charge in [0.1, 0.15) is 0 Å². The zero-order chi connectivity index (χ0) is 11.1. The van der Waals surface area contributed by atoms with Crippen molar-refractivity contribution in [2.45, 2.75) is 32.3 Å². The second-order valence-electron chi connectivity index (χ2n) is 5.09. The molecule has 0 saturated heterocycles. The molecule has 0 aliphatic carbocycles. The lowest BCUT2D eigenvalue weighted by molar-refractivity contribution is 0.0811. The number of nitrogens with zero attached hydrogens (tertiary/aromatic N) is 1. The highest BCUT2D eigenvalue weighted by Gasteiger charge is 2.22. The van der Waals surface area contributed by atoms with Crippen LogP contribution in [-0.2, 0) is 12.8 Å². The lowest BCUT2D eigenvalue weighted by atomic mass is 9.95. The molecule has 1 aliphatic heterocycles. The fourth-order valence-corrected chi connectivity index (χ4v) is 2.35. The van der Waals surface area contributed by atoms with Gasteiger partial charge in [0.2, 0.25) is 0 Å². The Hall–Kier alpha value is -1.02. The zero-order valence-electron chi connectivity index (χ0n) is 9.75. The number of rotatable bonds is 2. The van der Waals surface area contributed by atoms with Crippen LogP contribution in [0.25, 0.3) is 0 Å². The predicted octanol–water partition coefficient (Wildman–Crippen LogP) is 1.99. The normalized spacial score (nSPS) is 15.6. The molecule has 0 saturated carbocycles. The molecule has 1 N–H and O–H groups in total. The largest absolute Gasteiger partial charge is 0.390 e. The molecule has 0 amide bonds. The maximum Gasteiger partial charge on any atom is 0.0632 e. The molecule has 0 unspecified atom stereocenters. The molecule has 0 aromatic heterocycles. The van der Waals surface area contributed by atoms with Gasteiger partial charge >= 0.3 is 0 Å². The standard InChI is InChI=1S/C13H19NO/c1-13(2,15)9-11-6-4-5-10-7-8-14(3)12(10)11/h4-6,15H,7-9H2,1-3H3. The van der Waals surface area contributed by atoms with E-state index in [2.05, 4.69) is 30.1 Å². The number of hydrogen-bond acceptors (Lipinski definition) is 2. The number of likely N-dealkylation sites (N-methyl/N-ethyl adjacent to an activating group) is 1.